The van der Waals surface area contributed by atoms with Crippen LogP contribution in [-0.4, -0.2) is 66.0 Å². The molecule has 0 saturated carbocycles. The molecule has 2 saturated heterocycles. The van der Waals surface area contributed by atoms with Gasteiger partial charge in [-0.2, -0.15) is 0 Å². The fourth-order valence-corrected chi connectivity index (χ4v) is 4.06. The average Bonchev–Trinajstić information content (AvgIpc) is 3.14. The number of piperidine rings is 1. The minimum atomic E-state index is -0.464. The van der Waals surface area contributed by atoms with Gasteiger partial charge in [-0.25, -0.2) is 4.79 Å². The first kappa shape index (κ1) is 21.8. The molecule has 1 amide bonds. The number of nitrogens with zero attached hydrogens (tertiary/aromatic N) is 2. The minimum absolute atomic E-state index is 0.132. The summed E-state index contributed by atoms with van der Waals surface area (Å²) >= 11 is 0. The van der Waals surface area contributed by atoms with Crippen LogP contribution in [0.25, 0.3) is 0 Å². The topological polar surface area (TPSA) is 61.9 Å². The maximum Gasteiger partial charge on any atom is 0.410 e. The van der Waals surface area contributed by atoms with Crippen molar-refractivity contribution in [1.29, 1.82) is 0 Å². The van der Waals surface area contributed by atoms with Gasteiger partial charge in [-0.05, 0) is 52.1 Å². The number of hydrogen-bond acceptors (Lipinski definition) is 5. The van der Waals surface area contributed by atoms with Crippen molar-refractivity contribution in [2.75, 3.05) is 32.7 Å². The van der Waals surface area contributed by atoms with Gasteiger partial charge in [0.2, 0.25) is 0 Å². The van der Waals surface area contributed by atoms with E-state index in [0.717, 1.165) is 38.9 Å². The number of rotatable bonds is 6. The summed E-state index contributed by atoms with van der Waals surface area (Å²) in [6, 6.07) is 10.7. The maximum absolute atomic E-state index is 12.6. The number of ether oxygens (including phenoxy) is 1. The number of likely N-dealkylation sites (tertiary alicyclic amines) is 2. The van der Waals surface area contributed by atoms with Gasteiger partial charge in [0.1, 0.15) is 5.60 Å². The van der Waals surface area contributed by atoms with Gasteiger partial charge in [0.05, 0.1) is 6.54 Å². The molecular formula is C23H35N3O3. The fraction of sp³-hybridized carbons (Fsp3) is 0.652. The average molecular weight is 402 g/mol. The number of ketones is 1. The van der Waals surface area contributed by atoms with Crippen molar-refractivity contribution in [3.63, 3.8) is 0 Å². The minimum Gasteiger partial charge on any atom is -0.444 e. The molecule has 160 valence electrons. The molecule has 0 aromatic heterocycles. The highest BCUT2D eigenvalue weighted by atomic mass is 16.6. The summed E-state index contributed by atoms with van der Waals surface area (Å²) in [5.41, 5.74) is 0.837. The molecular weight excluding hydrogens is 366 g/mol. The highest BCUT2D eigenvalue weighted by molar-refractivity contribution is 5.83. The number of amides is 1. The van der Waals surface area contributed by atoms with Crippen LogP contribution in [0.15, 0.2) is 30.3 Å². The lowest BCUT2D eigenvalue weighted by Gasteiger charge is -2.33. The second-order valence-corrected chi connectivity index (χ2v) is 9.30. The molecule has 2 aliphatic rings. The SMILES string of the molecule is CC(C)(C)OC(=O)N1CCC(NCC(=O)C2CCN(Cc3ccccc3)C2)CC1. The number of carbonyl (C=O) groups excluding carboxylic acids is 2. The van der Waals surface area contributed by atoms with Crippen LogP contribution in [0.3, 0.4) is 0 Å². The van der Waals surface area contributed by atoms with E-state index in [1.54, 1.807) is 4.90 Å². The van der Waals surface area contributed by atoms with Crippen molar-refractivity contribution in [3.05, 3.63) is 35.9 Å². The first-order valence-electron chi connectivity index (χ1n) is 10.8. The summed E-state index contributed by atoms with van der Waals surface area (Å²) in [5, 5.41) is 3.42. The van der Waals surface area contributed by atoms with E-state index in [4.69, 9.17) is 4.74 Å². The standard InChI is InChI=1S/C23H35N3O3/c1-23(2,3)29-22(28)26-13-10-20(11-14-26)24-15-21(27)19-9-12-25(17-19)16-18-7-5-4-6-8-18/h4-8,19-20,24H,9-17H2,1-3H3. The monoisotopic (exact) mass is 401 g/mol. The van der Waals surface area contributed by atoms with Gasteiger partial charge in [-0.1, -0.05) is 30.3 Å². The molecule has 6 heteroatoms. The molecule has 2 fully saturated rings. The molecule has 0 spiro atoms. The largest absolute Gasteiger partial charge is 0.444 e. The number of benzene rings is 1. The Morgan fingerprint density at radius 2 is 1.76 bits per heavy atom. The fourth-order valence-electron chi connectivity index (χ4n) is 4.06. The predicted octanol–water partition coefficient (Wildman–Crippen LogP) is 3.07. The normalized spacial score (nSPS) is 21.3. The van der Waals surface area contributed by atoms with Gasteiger partial charge in [0.25, 0.3) is 0 Å². The molecule has 6 nitrogen and oxygen atoms in total. The number of hydrogen-bond donors (Lipinski definition) is 1. The third-order valence-corrected chi connectivity index (χ3v) is 5.69. The molecule has 1 unspecified atom stereocenters. The van der Waals surface area contributed by atoms with E-state index in [1.165, 1.54) is 5.56 Å². The van der Waals surface area contributed by atoms with Gasteiger partial charge < -0.3 is 15.0 Å². The molecule has 2 heterocycles. The Kier molecular flexibility index (Phi) is 7.30. The molecule has 1 atom stereocenters. The van der Waals surface area contributed by atoms with Crippen molar-refractivity contribution < 1.29 is 14.3 Å². The summed E-state index contributed by atoms with van der Waals surface area (Å²) in [5.74, 6) is 0.447. The van der Waals surface area contributed by atoms with Gasteiger partial charge in [-0.15, -0.1) is 0 Å². The Hall–Kier alpha value is -1.92. The van der Waals surface area contributed by atoms with Gasteiger partial charge in [0.15, 0.2) is 5.78 Å². The number of Topliss-reactive ketones (excluding diaryl/α,β-unsaturated/α-hetero) is 1. The van der Waals surface area contributed by atoms with E-state index in [1.807, 2.05) is 26.8 Å². The van der Waals surface area contributed by atoms with Crippen molar-refractivity contribution in [2.45, 2.75) is 58.2 Å². The highest BCUT2D eigenvalue weighted by Crippen LogP contribution is 2.20. The third kappa shape index (κ3) is 6.82. The summed E-state index contributed by atoms with van der Waals surface area (Å²) in [4.78, 5) is 28.9. The van der Waals surface area contributed by atoms with Gasteiger partial charge in [0, 0.05) is 38.1 Å². The predicted molar refractivity (Wildman–Crippen MR) is 114 cm³/mol. The molecule has 3 rings (SSSR count). The van der Waals surface area contributed by atoms with Crippen LogP contribution >= 0.6 is 0 Å². The quantitative estimate of drug-likeness (QED) is 0.794. The molecule has 1 aromatic carbocycles. The van der Waals surface area contributed by atoms with Crippen LogP contribution in [0.4, 0.5) is 4.79 Å². The summed E-state index contributed by atoms with van der Waals surface area (Å²) in [7, 11) is 0. The van der Waals surface area contributed by atoms with Crippen LogP contribution in [-0.2, 0) is 16.1 Å². The van der Waals surface area contributed by atoms with E-state index in [9.17, 15) is 9.59 Å². The first-order valence-corrected chi connectivity index (χ1v) is 10.8. The van der Waals surface area contributed by atoms with Gasteiger partial charge in [-0.3, -0.25) is 9.69 Å². The maximum atomic E-state index is 12.6. The number of carbonyl (C=O) groups is 2. The van der Waals surface area contributed by atoms with Crippen LogP contribution in [0.2, 0.25) is 0 Å². The lowest BCUT2D eigenvalue weighted by Crippen LogP contribution is -2.47. The van der Waals surface area contributed by atoms with E-state index < -0.39 is 5.60 Å². The second-order valence-electron chi connectivity index (χ2n) is 9.30. The van der Waals surface area contributed by atoms with Gasteiger partial charge >= 0.3 is 6.09 Å². The Balaban J connectivity index is 1.35. The lowest BCUT2D eigenvalue weighted by atomic mass is 10.0. The smallest absolute Gasteiger partial charge is 0.410 e. The van der Waals surface area contributed by atoms with Crippen molar-refractivity contribution in [3.8, 4) is 0 Å². The Labute approximate surface area is 174 Å². The molecule has 1 aromatic rings. The van der Waals surface area contributed by atoms with Crippen LogP contribution < -0.4 is 5.32 Å². The van der Waals surface area contributed by atoms with Crippen LogP contribution in [0.5, 0.6) is 0 Å². The first-order chi connectivity index (χ1) is 13.8. The molecule has 0 aliphatic carbocycles. The van der Waals surface area contributed by atoms with Crippen molar-refractivity contribution in [1.82, 2.24) is 15.1 Å². The highest BCUT2D eigenvalue weighted by Gasteiger charge is 2.30. The Morgan fingerprint density at radius 1 is 1.07 bits per heavy atom. The van der Waals surface area contributed by atoms with E-state index >= 15 is 0 Å². The molecule has 0 radical (unpaired) electrons. The summed E-state index contributed by atoms with van der Waals surface area (Å²) in [6.07, 6.45) is 2.43. The van der Waals surface area contributed by atoms with E-state index in [-0.39, 0.29) is 12.0 Å². The zero-order valence-corrected chi connectivity index (χ0v) is 18.0. The Bertz CT molecular complexity index is 678. The molecule has 1 N–H and O–H groups in total. The molecule has 29 heavy (non-hydrogen) atoms. The molecule has 2 aliphatic heterocycles. The zero-order valence-electron chi connectivity index (χ0n) is 18.0. The van der Waals surface area contributed by atoms with Crippen LogP contribution in [0.1, 0.15) is 45.6 Å². The van der Waals surface area contributed by atoms with Crippen LogP contribution in [0, 0.1) is 5.92 Å². The molecule has 0 bridgehead atoms. The summed E-state index contributed by atoms with van der Waals surface area (Å²) in [6.45, 7) is 10.2. The Morgan fingerprint density at radius 3 is 2.41 bits per heavy atom. The van der Waals surface area contributed by atoms with Crippen molar-refractivity contribution >= 4 is 11.9 Å². The van der Waals surface area contributed by atoms with E-state index in [2.05, 4.69) is 34.5 Å². The third-order valence-electron chi connectivity index (χ3n) is 5.69. The zero-order chi connectivity index (χ0) is 20.9. The second kappa shape index (κ2) is 9.72. The number of nitrogens with one attached hydrogen (secondary N) is 1. The van der Waals surface area contributed by atoms with E-state index in [0.29, 0.717) is 31.5 Å². The lowest BCUT2D eigenvalue weighted by molar-refractivity contribution is -0.121. The summed E-state index contributed by atoms with van der Waals surface area (Å²) < 4.78 is 5.44. The van der Waals surface area contributed by atoms with Crippen molar-refractivity contribution in [2.24, 2.45) is 5.92 Å².